The molecule has 0 bridgehead atoms. The van der Waals surface area contributed by atoms with Crippen LogP contribution in [0.15, 0.2) is 0 Å². The van der Waals surface area contributed by atoms with Crippen LogP contribution in [-0.2, 0) is 4.74 Å². The number of cyclic esters (lactones) is 1. The highest BCUT2D eigenvalue weighted by molar-refractivity contribution is 5.70. The first-order chi connectivity index (χ1) is 7.03. The van der Waals surface area contributed by atoms with E-state index in [-0.39, 0.29) is 11.7 Å². The minimum Gasteiger partial charge on any atom is -0.440 e. The number of carbonyl (C=O) groups is 1. The summed E-state index contributed by atoms with van der Waals surface area (Å²) in [6.07, 6.45) is 2.06. The molecule has 0 aromatic rings. The smallest absolute Gasteiger partial charge is 0.407 e. The molecule has 0 aromatic heterocycles. The Balaban J connectivity index is 2.12. The second-order valence-electron chi connectivity index (χ2n) is 5.05. The number of amides is 1. The van der Waals surface area contributed by atoms with Gasteiger partial charge in [0.05, 0.1) is 12.6 Å². The van der Waals surface area contributed by atoms with Crippen LogP contribution in [0.1, 0.15) is 33.6 Å². The Bertz CT molecular complexity index is 267. The van der Waals surface area contributed by atoms with Gasteiger partial charge < -0.3 is 10.1 Å². The summed E-state index contributed by atoms with van der Waals surface area (Å²) in [5.41, 5.74) is -0.335. The summed E-state index contributed by atoms with van der Waals surface area (Å²) in [6, 6.07) is 0.894. The molecule has 0 radical (unpaired) electrons. The van der Waals surface area contributed by atoms with E-state index in [1.807, 2.05) is 6.92 Å². The van der Waals surface area contributed by atoms with E-state index in [4.69, 9.17) is 4.74 Å². The number of hydrogen-bond acceptors (Lipinski definition) is 3. The van der Waals surface area contributed by atoms with E-state index in [1.165, 1.54) is 6.42 Å². The lowest BCUT2D eigenvalue weighted by Crippen LogP contribution is -2.52. The summed E-state index contributed by atoms with van der Waals surface area (Å²) in [6.45, 7) is 8.20. The van der Waals surface area contributed by atoms with E-state index in [0.29, 0.717) is 18.6 Å². The van der Waals surface area contributed by atoms with Crippen molar-refractivity contribution in [2.24, 2.45) is 0 Å². The number of likely N-dealkylation sites (tertiary alicyclic amines) is 1. The molecule has 2 rings (SSSR count). The molecule has 86 valence electrons. The molecule has 1 amide bonds. The van der Waals surface area contributed by atoms with Gasteiger partial charge in [0.1, 0.15) is 5.60 Å². The number of nitrogens with one attached hydrogen (secondary N) is 1. The molecule has 4 nitrogen and oxygen atoms in total. The largest absolute Gasteiger partial charge is 0.440 e. The van der Waals surface area contributed by atoms with Gasteiger partial charge in [0.15, 0.2) is 0 Å². The monoisotopic (exact) mass is 212 g/mol. The summed E-state index contributed by atoms with van der Waals surface area (Å²) in [7, 11) is 0. The van der Waals surface area contributed by atoms with Crippen molar-refractivity contribution >= 4 is 6.09 Å². The van der Waals surface area contributed by atoms with E-state index in [2.05, 4.69) is 24.1 Å². The van der Waals surface area contributed by atoms with Crippen LogP contribution in [0.5, 0.6) is 0 Å². The number of alkyl carbamates (subject to hydrolysis) is 1. The van der Waals surface area contributed by atoms with Gasteiger partial charge in [-0.15, -0.1) is 0 Å². The van der Waals surface area contributed by atoms with Crippen molar-refractivity contribution in [3.63, 3.8) is 0 Å². The molecular weight excluding hydrogens is 192 g/mol. The quantitative estimate of drug-likeness (QED) is 0.751. The van der Waals surface area contributed by atoms with Gasteiger partial charge in [-0.1, -0.05) is 0 Å². The summed E-state index contributed by atoms with van der Waals surface area (Å²) in [4.78, 5) is 13.6. The molecule has 2 atom stereocenters. The molecule has 2 aliphatic heterocycles. The van der Waals surface area contributed by atoms with Crippen LogP contribution in [0.3, 0.4) is 0 Å². The minimum absolute atomic E-state index is 0.270. The highest BCUT2D eigenvalue weighted by Crippen LogP contribution is 2.32. The van der Waals surface area contributed by atoms with Gasteiger partial charge in [0.2, 0.25) is 0 Å². The molecule has 2 heterocycles. The fourth-order valence-corrected chi connectivity index (χ4v) is 2.78. The molecule has 2 saturated heterocycles. The van der Waals surface area contributed by atoms with Crippen LogP contribution >= 0.6 is 0 Å². The lowest BCUT2D eigenvalue weighted by atomic mass is 9.94. The lowest BCUT2D eigenvalue weighted by molar-refractivity contribution is -0.00577. The Morgan fingerprint density at radius 1 is 1.60 bits per heavy atom. The van der Waals surface area contributed by atoms with Crippen molar-refractivity contribution in [2.45, 2.75) is 51.3 Å². The standard InChI is InChI=1S/C11H20N2O2/c1-8(2)13-6-4-5-9(13)11(3)7-12-10(14)15-11/h8-9H,4-7H2,1-3H3,(H,12,14). The van der Waals surface area contributed by atoms with Gasteiger partial charge in [-0.05, 0) is 40.2 Å². The molecular formula is C11H20N2O2. The zero-order valence-electron chi connectivity index (χ0n) is 9.75. The maximum atomic E-state index is 11.1. The first kappa shape index (κ1) is 10.7. The molecule has 0 aromatic carbocycles. The van der Waals surface area contributed by atoms with Crippen molar-refractivity contribution in [3.8, 4) is 0 Å². The number of rotatable bonds is 2. The van der Waals surface area contributed by atoms with Gasteiger partial charge in [-0.25, -0.2) is 4.79 Å². The fourth-order valence-electron chi connectivity index (χ4n) is 2.78. The Morgan fingerprint density at radius 2 is 2.33 bits per heavy atom. The number of ether oxygens (including phenoxy) is 1. The van der Waals surface area contributed by atoms with Crippen LogP contribution in [-0.4, -0.2) is 41.8 Å². The Hall–Kier alpha value is -0.770. The van der Waals surface area contributed by atoms with Crippen LogP contribution in [0.4, 0.5) is 4.79 Å². The van der Waals surface area contributed by atoms with Gasteiger partial charge in [-0.2, -0.15) is 0 Å². The Labute approximate surface area is 91.0 Å². The van der Waals surface area contributed by atoms with Gasteiger partial charge >= 0.3 is 6.09 Å². The number of nitrogens with zero attached hydrogens (tertiary/aromatic N) is 1. The molecule has 2 unspecified atom stereocenters. The SMILES string of the molecule is CC(C)N1CCCC1C1(C)CNC(=O)O1. The van der Waals surface area contributed by atoms with Gasteiger partial charge in [0, 0.05) is 6.04 Å². The molecule has 0 spiro atoms. The van der Waals surface area contributed by atoms with Crippen LogP contribution in [0.25, 0.3) is 0 Å². The van der Waals surface area contributed by atoms with Crippen LogP contribution in [0.2, 0.25) is 0 Å². The van der Waals surface area contributed by atoms with E-state index in [0.717, 1.165) is 13.0 Å². The maximum Gasteiger partial charge on any atom is 0.407 e. The summed E-state index contributed by atoms with van der Waals surface area (Å²) >= 11 is 0. The maximum absolute atomic E-state index is 11.1. The molecule has 2 aliphatic rings. The van der Waals surface area contributed by atoms with Crippen molar-refractivity contribution in [1.82, 2.24) is 10.2 Å². The second-order valence-corrected chi connectivity index (χ2v) is 5.05. The number of carbonyl (C=O) groups excluding carboxylic acids is 1. The van der Waals surface area contributed by atoms with E-state index in [1.54, 1.807) is 0 Å². The average molecular weight is 212 g/mol. The van der Waals surface area contributed by atoms with E-state index >= 15 is 0 Å². The van der Waals surface area contributed by atoms with Gasteiger partial charge in [-0.3, -0.25) is 4.90 Å². The molecule has 0 saturated carbocycles. The van der Waals surface area contributed by atoms with Gasteiger partial charge in [0.25, 0.3) is 0 Å². The predicted octanol–water partition coefficient (Wildman–Crippen LogP) is 1.36. The summed E-state index contributed by atoms with van der Waals surface area (Å²) < 4.78 is 5.42. The minimum atomic E-state index is -0.335. The number of hydrogen-bond donors (Lipinski definition) is 1. The predicted molar refractivity (Wildman–Crippen MR) is 57.8 cm³/mol. The summed E-state index contributed by atoms with van der Waals surface area (Å²) in [5.74, 6) is 0. The molecule has 4 heteroatoms. The third-order valence-electron chi connectivity index (χ3n) is 3.57. The lowest BCUT2D eigenvalue weighted by Gasteiger charge is -2.37. The van der Waals surface area contributed by atoms with E-state index < -0.39 is 0 Å². The normalized spacial score (nSPS) is 37.1. The molecule has 1 N–H and O–H groups in total. The summed E-state index contributed by atoms with van der Waals surface area (Å²) in [5, 5.41) is 2.76. The molecule has 2 fully saturated rings. The van der Waals surface area contributed by atoms with Crippen molar-refractivity contribution in [2.75, 3.05) is 13.1 Å². The van der Waals surface area contributed by atoms with Crippen LogP contribution in [0, 0.1) is 0 Å². The third-order valence-corrected chi connectivity index (χ3v) is 3.57. The average Bonchev–Trinajstić information content (AvgIpc) is 2.72. The molecule has 15 heavy (non-hydrogen) atoms. The first-order valence-corrected chi connectivity index (χ1v) is 5.75. The second kappa shape index (κ2) is 3.67. The third kappa shape index (κ3) is 1.83. The zero-order chi connectivity index (χ0) is 11.1. The Kier molecular flexibility index (Phi) is 2.63. The van der Waals surface area contributed by atoms with Crippen LogP contribution < -0.4 is 5.32 Å². The highest BCUT2D eigenvalue weighted by atomic mass is 16.6. The van der Waals surface area contributed by atoms with Crippen molar-refractivity contribution in [3.05, 3.63) is 0 Å². The first-order valence-electron chi connectivity index (χ1n) is 5.75. The van der Waals surface area contributed by atoms with Crippen molar-refractivity contribution < 1.29 is 9.53 Å². The zero-order valence-corrected chi connectivity index (χ0v) is 9.75. The van der Waals surface area contributed by atoms with E-state index in [9.17, 15) is 4.79 Å². The Morgan fingerprint density at radius 3 is 2.87 bits per heavy atom. The topological polar surface area (TPSA) is 41.6 Å². The van der Waals surface area contributed by atoms with Crippen molar-refractivity contribution in [1.29, 1.82) is 0 Å². The fraction of sp³-hybridized carbons (Fsp3) is 0.909. The molecule has 0 aliphatic carbocycles. The highest BCUT2D eigenvalue weighted by Gasteiger charge is 2.47.